The zero-order chi connectivity index (χ0) is 22.7. The van der Waals surface area contributed by atoms with Crippen LogP contribution in [0.15, 0.2) is 72.8 Å². The predicted molar refractivity (Wildman–Crippen MR) is 122 cm³/mol. The highest BCUT2D eigenvalue weighted by Crippen LogP contribution is 2.23. The molecule has 160 valence electrons. The quantitative estimate of drug-likeness (QED) is 0.299. The van der Waals surface area contributed by atoms with Gasteiger partial charge in [0.2, 0.25) is 0 Å². The Labute approximate surface area is 190 Å². The SMILES string of the molecule is Cc1cccc(-c2nc(C(=O)OCC(=O)c3ccc(Cl)cc3)nn2-c2cccc(C)c2)c1. The van der Waals surface area contributed by atoms with Crippen molar-refractivity contribution in [1.29, 1.82) is 0 Å². The third kappa shape index (κ3) is 4.76. The molecule has 3 aromatic carbocycles. The molecule has 4 aromatic rings. The van der Waals surface area contributed by atoms with Crippen LogP contribution in [-0.2, 0) is 4.74 Å². The van der Waals surface area contributed by atoms with Crippen molar-refractivity contribution in [3.8, 4) is 17.1 Å². The van der Waals surface area contributed by atoms with E-state index < -0.39 is 12.6 Å². The fourth-order valence-electron chi connectivity index (χ4n) is 3.22. The van der Waals surface area contributed by atoms with Gasteiger partial charge in [0, 0.05) is 16.1 Å². The van der Waals surface area contributed by atoms with Gasteiger partial charge in [-0.3, -0.25) is 4.79 Å². The second-order valence-corrected chi connectivity index (χ2v) is 7.82. The average Bonchev–Trinajstić information content (AvgIpc) is 3.23. The molecule has 0 saturated heterocycles. The first-order valence-corrected chi connectivity index (χ1v) is 10.4. The molecule has 0 N–H and O–H groups in total. The van der Waals surface area contributed by atoms with Crippen LogP contribution < -0.4 is 0 Å². The second kappa shape index (κ2) is 9.16. The minimum atomic E-state index is -0.771. The Morgan fingerprint density at radius 2 is 1.62 bits per heavy atom. The van der Waals surface area contributed by atoms with Gasteiger partial charge in [-0.2, -0.15) is 0 Å². The molecule has 4 rings (SSSR count). The Morgan fingerprint density at radius 1 is 0.938 bits per heavy atom. The minimum absolute atomic E-state index is 0.119. The molecule has 0 bridgehead atoms. The lowest BCUT2D eigenvalue weighted by Gasteiger charge is -2.07. The van der Waals surface area contributed by atoms with Crippen LogP contribution in [0, 0.1) is 13.8 Å². The molecule has 7 heteroatoms. The van der Waals surface area contributed by atoms with E-state index in [0.717, 1.165) is 22.4 Å². The van der Waals surface area contributed by atoms with Gasteiger partial charge in [-0.25, -0.2) is 14.5 Å². The fourth-order valence-corrected chi connectivity index (χ4v) is 3.35. The molecule has 0 radical (unpaired) electrons. The molecule has 6 nitrogen and oxygen atoms in total. The highest BCUT2D eigenvalue weighted by molar-refractivity contribution is 6.30. The van der Waals surface area contributed by atoms with Gasteiger partial charge in [0.05, 0.1) is 5.69 Å². The van der Waals surface area contributed by atoms with E-state index in [4.69, 9.17) is 16.3 Å². The molecule has 0 unspecified atom stereocenters. The van der Waals surface area contributed by atoms with Crippen molar-refractivity contribution in [2.24, 2.45) is 0 Å². The van der Waals surface area contributed by atoms with Crippen LogP contribution in [0.1, 0.15) is 32.1 Å². The first-order valence-electron chi connectivity index (χ1n) is 9.98. The lowest BCUT2D eigenvalue weighted by molar-refractivity contribution is 0.0462. The van der Waals surface area contributed by atoms with Crippen molar-refractivity contribution in [3.05, 3.63) is 100 Å². The smallest absolute Gasteiger partial charge is 0.378 e. The zero-order valence-electron chi connectivity index (χ0n) is 17.6. The molecule has 32 heavy (non-hydrogen) atoms. The number of rotatable bonds is 6. The number of Topliss-reactive ketones (excluding diaryl/α,β-unsaturated/α-hetero) is 1. The van der Waals surface area contributed by atoms with Crippen LogP contribution in [0.3, 0.4) is 0 Å². The molecular formula is C25H20ClN3O3. The van der Waals surface area contributed by atoms with Gasteiger partial charge in [0.1, 0.15) is 0 Å². The number of hydrogen-bond donors (Lipinski definition) is 0. The number of ketones is 1. The summed E-state index contributed by atoms with van der Waals surface area (Å²) in [7, 11) is 0. The van der Waals surface area contributed by atoms with E-state index >= 15 is 0 Å². The topological polar surface area (TPSA) is 74.1 Å². The summed E-state index contributed by atoms with van der Waals surface area (Å²) >= 11 is 5.85. The molecule has 1 aromatic heterocycles. The summed E-state index contributed by atoms with van der Waals surface area (Å²) in [5.41, 5.74) is 4.09. The fraction of sp³-hybridized carbons (Fsp3) is 0.120. The number of aryl methyl sites for hydroxylation is 2. The lowest BCUT2D eigenvalue weighted by Crippen LogP contribution is -2.15. The molecule has 0 saturated carbocycles. The van der Waals surface area contributed by atoms with E-state index in [9.17, 15) is 9.59 Å². The van der Waals surface area contributed by atoms with Crippen molar-refractivity contribution in [2.75, 3.05) is 6.61 Å². The number of aromatic nitrogens is 3. The summed E-state index contributed by atoms with van der Waals surface area (Å²) in [6.45, 7) is 3.54. The first-order chi connectivity index (χ1) is 15.4. The van der Waals surface area contributed by atoms with Gasteiger partial charge < -0.3 is 4.74 Å². The molecule has 0 spiro atoms. The van der Waals surface area contributed by atoms with Crippen molar-refractivity contribution in [3.63, 3.8) is 0 Å². The molecular weight excluding hydrogens is 426 g/mol. The van der Waals surface area contributed by atoms with Crippen LogP contribution in [0.25, 0.3) is 17.1 Å². The van der Waals surface area contributed by atoms with Crippen LogP contribution in [0.2, 0.25) is 5.02 Å². The number of ether oxygens (including phenoxy) is 1. The molecule has 0 atom stereocenters. The summed E-state index contributed by atoms with van der Waals surface area (Å²) in [6.07, 6.45) is 0. The average molecular weight is 446 g/mol. The molecule has 1 heterocycles. The zero-order valence-corrected chi connectivity index (χ0v) is 18.3. The van der Waals surface area contributed by atoms with Gasteiger partial charge in [-0.1, -0.05) is 47.5 Å². The van der Waals surface area contributed by atoms with Gasteiger partial charge in [-0.05, 0) is 61.9 Å². The van der Waals surface area contributed by atoms with Crippen LogP contribution >= 0.6 is 11.6 Å². The Balaban J connectivity index is 1.62. The lowest BCUT2D eigenvalue weighted by atomic mass is 10.1. The number of halogens is 1. The summed E-state index contributed by atoms with van der Waals surface area (Å²) in [4.78, 5) is 29.4. The maximum atomic E-state index is 12.7. The molecule has 0 aliphatic heterocycles. The Morgan fingerprint density at radius 3 is 2.31 bits per heavy atom. The Kier molecular flexibility index (Phi) is 6.14. The van der Waals surface area contributed by atoms with E-state index in [0.29, 0.717) is 16.4 Å². The monoisotopic (exact) mass is 445 g/mol. The largest absolute Gasteiger partial charge is 0.451 e. The highest BCUT2D eigenvalue weighted by atomic mass is 35.5. The number of hydrogen-bond acceptors (Lipinski definition) is 5. The van der Waals surface area contributed by atoms with Crippen LogP contribution in [0.4, 0.5) is 0 Å². The second-order valence-electron chi connectivity index (χ2n) is 7.39. The van der Waals surface area contributed by atoms with E-state index in [1.54, 1.807) is 28.9 Å². The standard InChI is InChI=1S/C25H20ClN3O3/c1-16-5-3-7-19(13-16)24-27-23(28-29(24)21-8-4-6-17(2)14-21)25(31)32-15-22(30)18-9-11-20(26)12-10-18/h3-14H,15H2,1-2H3. The number of benzene rings is 3. The van der Waals surface area contributed by atoms with Crippen molar-refractivity contribution >= 4 is 23.4 Å². The molecule has 0 aliphatic carbocycles. The van der Waals surface area contributed by atoms with Crippen molar-refractivity contribution < 1.29 is 14.3 Å². The van der Waals surface area contributed by atoms with Crippen molar-refractivity contribution in [1.82, 2.24) is 14.8 Å². The van der Waals surface area contributed by atoms with E-state index in [2.05, 4.69) is 10.1 Å². The normalized spacial score (nSPS) is 10.7. The third-order valence-electron chi connectivity index (χ3n) is 4.81. The van der Waals surface area contributed by atoms with Gasteiger partial charge in [0.25, 0.3) is 5.82 Å². The number of esters is 1. The summed E-state index contributed by atoms with van der Waals surface area (Å²) in [5, 5.41) is 4.91. The van der Waals surface area contributed by atoms with Crippen molar-refractivity contribution in [2.45, 2.75) is 13.8 Å². The third-order valence-corrected chi connectivity index (χ3v) is 5.06. The Hall–Kier alpha value is -3.77. The van der Waals surface area contributed by atoms with E-state index in [1.807, 2.05) is 62.4 Å². The number of carbonyl (C=O) groups is 2. The summed E-state index contributed by atoms with van der Waals surface area (Å²) in [5.74, 6) is -0.721. The summed E-state index contributed by atoms with van der Waals surface area (Å²) in [6, 6.07) is 21.9. The first kappa shape index (κ1) is 21.5. The maximum absolute atomic E-state index is 12.7. The molecule has 0 amide bonds. The van der Waals surface area contributed by atoms with Gasteiger partial charge in [-0.15, -0.1) is 5.10 Å². The number of carbonyl (C=O) groups excluding carboxylic acids is 2. The van der Waals surface area contributed by atoms with E-state index in [1.165, 1.54) is 0 Å². The van der Waals surface area contributed by atoms with E-state index in [-0.39, 0.29) is 11.6 Å². The Bertz CT molecular complexity index is 1230. The van der Waals surface area contributed by atoms with Crippen LogP contribution in [0.5, 0.6) is 0 Å². The number of nitrogens with zero attached hydrogens (tertiary/aromatic N) is 3. The van der Waals surface area contributed by atoms with Gasteiger partial charge in [0.15, 0.2) is 18.2 Å². The summed E-state index contributed by atoms with van der Waals surface area (Å²) < 4.78 is 6.81. The highest BCUT2D eigenvalue weighted by Gasteiger charge is 2.21. The van der Waals surface area contributed by atoms with Crippen LogP contribution in [-0.4, -0.2) is 33.1 Å². The predicted octanol–water partition coefficient (Wildman–Crippen LogP) is 5.24. The van der Waals surface area contributed by atoms with Gasteiger partial charge >= 0.3 is 5.97 Å². The molecule has 0 aliphatic rings. The minimum Gasteiger partial charge on any atom is -0.451 e. The molecule has 0 fully saturated rings. The maximum Gasteiger partial charge on any atom is 0.378 e.